The molecular weight excluding hydrogens is 328 g/mol. The Labute approximate surface area is 154 Å². The molecule has 6 nitrogen and oxygen atoms in total. The normalized spacial score (nSPS) is 22.1. The first kappa shape index (κ1) is 17.5. The highest BCUT2D eigenvalue weighted by Gasteiger charge is 2.28. The van der Waals surface area contributed by atoms with Crippen LogP contribution in [0.2, 0.25) is 0 Å². The van der Waals surface area contributed by atoms with E-state index in [0.29, 0.717) is 5.92 Å². The molecule has 2 fully saturated rings. The van der Waals surface area contributed by atoms with Crippen LogP contribution >= 0.6 is 0 Å². The number of fused-ring (bicyclic) bond motifs is 1. The number of aromatic nitrogens is 2. The van der Waals surface area contributed by atoms with Crippen LogP contribution in [-0.4, -0.2) is 59.1 Å². The lowest BCUT2D eigenvalue weighted by molar-refractivity contribution is -0.129. The predicted molar refractivity (Wildman–Crippen MR) is 100 cm³/mol. The van der Waals surface area contributed by atoms with E-state index in [0.717, 1.165) is 57.7 Å². The Bertz CT molecular complexity index is 786. The van der Waals surface area contributed by atoms with Crippen molar-refractivity contribution in [3.8, 4) is 0 Å². The molecule has 2 aromatic rings. The summed E-state index contributed by atoms with van der Waals surface area (Å²) in [4.78, 5) is 18.6. The number of nitrogens with zero attached hydrogens (tertiary/aromatic N) is 3. The van der Waals surface area contributed by atoms with E-state index in [1.807, 2.05) is 4.90 Å². The number of morpholine rings is 1. The van der Waals surface area contributed by atoms with Gasteiger partial charge in [-0.05, 0) is 37.5 Å². The number of amides is 1. The van der Waals surface area contributed by atoms with Gasteiger partial charge in [0.15, 0.2) is 0 Å². The Kier molecular flexibility index (Phi) is 4.96. The molecule has 0 aromatic carbocycles. The fourth-order valence-electron chi connectivity index (χ4n) is 4.18. The molecule has 4 rings (SSSR count). The zero-order valence-electron chi connectivity index (χ0n) is 15.7. The van der Waals surface area contributed by atoms with Crippen LogP contribution in [0.15, 0.2) is 18.3 Å². The largest absolute Gasteiger partial charge is 0.375 e. The van der Waals surface area contributed by atoms with Gasteiger partial charge in [-0.15, -0.1) is 0 Å². The number of imidazole rings is 1. The van der Waals surface area contributed by atoms with Crippen molar-refractivity contribution < 1.29 is 9.53 Å². The van der Waals surface area contributed by atoms with Crippen molar-refractivity contribution in [3.63, 3.8) is 0 Å². The van der Waals surface area contributed by atoms with Gasteiger partial charge in [0.05, 0.1) is 18.4 Å². The minimum atomic E-state index is 0.177. The highest BCUT2D eigenvalue weighted by atomic mass is 16.5. The summed E-state index contributed by atoms with van der Waals surface area (Å²) in [7, 11) is 0. The van der Waals surface area contributed by atoms with E-state index >= 15 is 0 Å². The van der Waals surface area contributed by atoms with Crippen LogP contribution in [-0.2, 0) is 16.0 Å². The number of piperidine rings is 1. The van der Waals surface area contributed by atoms with E-state index in [1.165, 1.54) is 17.0 Å². The zero-order chi connectivity index (χ0) is 18.1. The van der Waals surface area contributed by atoms with Crippen LogP contribution in [0.3, 0.4) is 0 Å². The van der Waals surface area contributed by atoms with Crippen molar-refractivity contribution in [1.82, 2.24) is 19.6 Å². The zero-order valence-corrected chi connectivity index (χ0v) is 15.7. The van der Waals surface area contributed by atoms with E-state index in [-0.39, 0.29) is 12.0 Å². The Balaban J connectivity index is 1.64. The van der Waals surface area contributed by atoms with Crippen molar-refractivity contribution in [2.24, 2.45) is 0 Å². The van der Waals surface area contributed by atoms with Crippen LogP contribution < -0.4 is 5.32 Å². The first-order valence-corrected chi connectivity index (χ1v) is 9.67. The number of likely N-dealkylation sites (tertiary alicyclic amines) is 1. The molecule has 0 unspecified atom stereocenters. The smallest absolute Gasteiger partial charge is 0.219 e. The Morgan fingerprint density at radius 1 is 1.38 bits per heavy atom. The first-order valence-electron chi connectivity index (χ1n) is 9.67. The van der Waals surface area contributed by atoms with Crippen LogP contribution in [0.1, 0.15) is 42.6 Å². The maximum absolute atomic E-state index is 11.6. The average molecular weight is 356 g/mol. The van der Waals surface area contributed by atoms with Crippen molar-refractivity contribution in [2.75, 3.05) is 32.8 Å². The molecule has 2 aromatic heterocycles. The van der Waals surface area contributed by atoms with Crippen LogP contribution in [0.25, 0.3) is 5.65 Å². The standard InChI is InChI=1S/C20H28N4O2/c1-14-3-9-24-18(12-17-13-21-6-10-26-17)20(22-19(24)11-14)16-4-7-23(8-5-16)15(2)25/h3,9,11,16-17,21H,4-8,10,12-13H2,1-2H3/t17-/m0/s1. The lowest BCUT2D eigenvalue weighted by atomic mass is 9.91. The van der Waals surface area contributed by atoms with Crippen LogP contribution in [0.5, 0.6) is 0 Å². The fraction of sp³-hybridized carbons (Fsp3) is 0.600. The van der Waals surface area contributed by atoms with Gasteiger partial charge in [-0.25, -0.2) is 4.98 Å². The molecule has 6 heteroatoms. The van der Waals surface area contributed by atoms with Gasteiger partial charge in [0.2, 0.25) is 5.91 Å². The first-order chi connectivity index (χ1) is 12.6. The number of nitrogens with one attached hydrogen (secondary N) is 1. The summed E-state index contributed by atoms with van der Waals surface area (Å²) < 4.78 is 8.19. The third-order valence-electron chi connectivity index (χ3n) is 5.66. The molecule has 140 valence electrons. The van der Waals surface area contributed by atoms with Crippen molar-refractivity contribution in [2.45, 2.75) is 45.1 Å². The maximum Gasteiger partial charge on any atom is 0.219 e. The molecule has 0 spiro atoms. The van der Waals surface area contributed by atoms with Gasteiger partial charge in [0.1, 0.15) is 5.65 Å². The Morgan fingerprint density at radius 2 is 2.19 bits per heavy atom. The summed E-state index contributed by atoms with van der Waals surface area (Å²) in [5.41, 5.74) is 4.72. The van der Waals surface area contributed by atoms with E-state index < -0.39 is 0 Å². The molecule has 0 aliphatic carbocycles. The van der Waals surface area contributed by atoms with Gasteiger partial charge in [0.25, 0.3) is 0 Å². The minimum Gasteiger partial charge on any atom is -0.375 e. The van der Waals surface area contributed by atoms with Gasteiger partial charge in [-0.1, -0.05) is 0 Å². The summed E-state index contributed by atoms with van der Waals surface area (Å²) in [6, 6.07) is 4.29. The van der Waals surface area contributed by atoms with Gasteiger partial charge < -0.3 is 19.4 Å². The van der Waals surface area contributed by atoms with Crippen LogP contribution in [0, 0.1) is 6.92 Å². The predicted octanol–water partition coefficient (Wildman–Crippen LogP) is 1.90. The molecular formula is C20H28N4O2. The monoisotopic (exact) mass is 356 g/mol. The van der Waals surface area contributed by atoms with Crippen LogP contribution in [0.4, 0.5) is 0 Å². The van der Waals surface area contributed by atoms with Gasteiger partial charge in [0, 0.05) is 57.3 Å². The molecule has 2 aliphatic rings. The maximum atomic E-state index is 11.6. The van der Waals surface area contributed by atoms with Crippen molar-refractivity contribution in [1.29, 1.82) is 0 Å². The quantitative estimate of drug-likeness (QED) is 0.913. The summed E-state index contributed by atoms with van der Waals surface area (Å²) in [5.74, 6) is 0.591. The molecule has 0 saturated carbocycles. The molecule has 4 heterocycles. The molecule has 0 radical (unpaired) electrons. The number of rotatable bonds is 3. The summed E-state index contributed by atoms with van der Waals surface area (Å²) in [5, 5.41) is 3.42. The van der Waals surface area contributed by atoms with Crippen molar-refractivity contribution >= 4 is 11.6 Å². The number of carbonyl (C=O) groups excluding carboxylic acids is 1. The molecule has 1 amide bonds. The molecule has 1 atom stereocenters. The highest BCUT2D eigenvalue weighted by molar-refractivity contribution is 5.73. The summed E-state index contributed by atoms with van der Waals surface area (Å²) in [6.45, 7) is 8.01. The third kappa shape index (κ3) is 3.48. The van der Waals surface area contributed by atoms with Gasteiger partial charge >= 0.3 is 0 Å². The second kappa shape index (κ2) is 7.37. The number of aryl methyl sites for hydroxylation is 1. The number of carbonyl (C=O) groups is 1. The highest BCUT2D eigenvalue weighted by Crippen LogP contribution is 2.31. The summed E-state index contributed by atoms with van der Waals surface area (Å²) >= 11 is 0. The average Bonchev–Trinajstić information content (AvgIpc) is 3.00. The van der Waals surface area contributed by atoms with E-state index in [4.69, 9.17) is 9.72 Å². The molecule has 1 N–H and O–H groups in total. The lowest BCUT2D eigenvalue weighted by Gasteiger charge is -2.31. The third-order valence-corrected chi connectivity index (χ3v) is 5.66. The molecule has 0 bridgehead atoms. The second-order valence-corrected chi connectivity index (χ2v) is 7.56. The lowest BCUT2D eigenvalue weighted by Crippen LogP contribution is -2.40. The van der Waals surface area contributed by atoms with E-state index in [1.54, 1.807) is 6.92 Å². The molecule has 2 aliphatic heterocycles. The number of hydrogen-bond acceptors (Lipinski definition) is 4. The fourth-order valence-corrected chi connectivity index (χ4v) is 4.18. The number of ether oxygens (including phenoxy) is 1. The molecule has 2 saturated heterocycles. The minimum absolute atomic E-state index is 0.177. The topological polar surface area (TPSA) is 58.9 Å². The van der Waals surface area contributed by atoms with Crippen molar-refractivity contribution in [3.05, 3.63) is 35.3 Å². The number of pyridine rings is 1. The molecule has 26 heavy (non-hydrogen) atoms. The second-order valence-electron chi connectivity index (χ2n) is 7.56. The van der Waals surface area contributed by atoms with E-state index in [9.17, 15) is 4.79 Å². The van der Waals surface area contributed by atoms with Gasteiger partial charge in [-0.2, -0.15) is 0 Å². The Hall–Kier alpha value is -1.92. The Morgan fingerprint density at radius 3 is 2.88 bits per heavy atom. The summed E-state index contributed by atoms with van der Waals surface area (Å²) in [6.07, 6.45) is 5.18. The SMILES string of the molecule is CC(=O)N1CCC(c2nc3cc(C)ccn3c2C[C@H]2CNCCO2)CC1. The van der Waals surface area contributed by atoms with E-state index in [2.05, 4.69) is 35.0 Å². The number of hydrogen-bond donors (Lipinski definition) is 1. The van der Waals surface area contributed by atoms with Gasteiger partial charge in [-0.3, -0.25) is 4.79 Å².